The van der Waals surface area contributed by atoms with Crippen LogP contribution in [0.25, 0.3) is 0 Å². The SMILES string of the molecule is O=C([O-])CCCNCCO.[Na+]. The topological polar surface area (TPSA) is 72.4 Å². The summed E-state index contributed by atoms with van der Waals surface area (Å²) in [6, 6.07) is 0. The molecular formula is C6H12NNaO3. The van der Waals surface area contributed by atoms with Crippen molar-refractivity contribution in [1.82, 2.24) is 5.32 Å². The van der Waals surface area contributed by atoms with E-state index in [-0.39, 0.29) is 42.6 Å². The van der Waals surface area contributed by atoms with Gasteiger partial charge in [-0.15, -0.1) is 0 Å². The van der Waals surface area contributed by atoms with E-state index < -0.39 is 5.97 Å². The van der Waals surface area contributed by atoms with Crippen LogP contribution < -0.4 is 40.0 Å². The van der Waals surface area contributed by atoms with E-state index in [4.69, 9.17) is 5.11 Å². The minimum absolute atomic E-state index is 0. The van der Waals surface area contributed by atoms with Gasteiger partial charge in [0.05, 0.1) is 6.61 Å². The smallest absolute Gasteiger partial charge is 0.550 e. The van der Waals surface area contributed by atoms with Gasteiger partial charge in [-0.2, -0.15) is 0 Å². The number of rotatable bonds is 6. The molecule has 4 nitrogen and oxygen atoms in total. The standard InChI is InChI=1S/C6H13NO3.Na/c8-5-4-7-3-1-2-6(9)10;/h7-8H,1-5H2,(H,9,10);/q;+1/p-1. The van der Waals surface area contributed by atoms with Gasteiger partial charge in [0.15, 0.2) is 0 Å². The molecule has 0 rings (SSSR count). The molecule has 11 heavy (non-hydrogen) atoms. The minimum atomic E-state index is -1.02. The summed E-state index contributed by atoms with van der Waals surface area (Å²) in [5.41, 5.74) is 0. The van der Waals surface area contributed by atoms with Crippen LogP contribution in [0.15, 0.2) is 0 Å². The second-order valence-corrected chi connectivity index (χ2v) is 1.95. The number of aliphatic hydroxyl groups is 1. The summed E-state index contributed by atoms with van der Waals surface area (Å²) in [4.78, 5) is 9.84. The van der Waals surface area contributed by atoms with E-state index in [2.05, 4.69) is 5.32 Å². The molecule has 0 aromatic carbocycles. The van der Waals surface area contributed by atoms with E-state index in [9.17, 15) is 9.90 Å². The molecule has 0 aromatic rings. The zero-order valence-electron chi connectivity index (χ0n) is 6.80. The summed E-state index contributed by atoms with van der Waals surface area (Å²) < 4.78 is 0. The van der Waals surface area contributed by atoms with Gasteiger partial charge >= 0.3 is 29.6 Å². The van der Waals surface area contributed by atoms with Crippen molar-refractivity contribution in [2.45, 2.75) is 12.8 Å². The summed E-state index contributed by atoms with van der Waals surface area (Å²) in [5, 5.41) is 21.0. The molecule has 0 aliphatic rings. The summed E-state index contributed by atoms with van der Waals surface area (Å²) in [6.07, 6.45) is 0.640. The molecular weight excluding hydrogens is 157 g/mol. The molecule has 0 aliphatic heterocycles. The van der Waals surface area contributed by atoms with Crippen LogP contribution in [-0.2, 0) is 4.79 Å². The van der Waals surface area contributed by atoms with Gasteiger partial charge in [-0.3, -0.25) is 0 Å². The minimum Gasteiger partial charge on any atom is -0.550 e. The summed E-state index contributed by atoms with van der Waals surface area (Å²) in [6.45, 7) is 1.23. The molecule has 0 spiro atoms. The van der Waals surface area contributed by atoms with Crippen molar-refractivity contribution in [3.63, 3.8) is 0 Å². The first kappa shape index (κ1) is 13.9. The summed E-state index contributed by atoms with van der Waals surface area (Å²) in [7, 11) is 0. The predicted molar refractivity (Wildman–Crippen MR) is 34.2 cm³/mol. The van der Waals surface area contributed by atoms with E-state index in [0.717, 1.165) is 0 Å². The second-order valence-electron chi connectivity index (χ2n) is 1.95. The molecule has 0 fully saturated rings. The molecule has 60 valence electrons. The zero-order chi connectivity index (χ0) is 7.82. The zero-order valence-corrected chi connectivity index (χ0v) is 8.80. The quantitative estimate of drug-likeness (QED) is 0.309. The normalized spacial score (nSPS) is 8.82. The van der Waals surface area contributed by atoms with Crippen LogP contribution in [0.4, 0.5) is 0 Å². The van der Waals surface area contributed by atoms with Gasteiger partial charge in [0, 0.05) is 12.5 Å². The number of aliphatic carboxylic acids is 1. The van der Waals surface area contributed by atoms with Crippen LogP contribution in [0.3, 0.4) is 0 Å². The molecule has 0 unspecified atom stereocenters. The third kappa shape index (κ3) is 13.4. The number of aliphatic hydroxyl groups excluding tert-OH is 1. The molecule has 5 heteroatoms. The fourth-order valence-electron chi connectivity index (χ4n) is 0.562. The Kier molecular flexibility index (Phi) is 13.2. The van der Waals surface area contributed by atoms with E-state index in [1.165, 1.54) is 0 Å². The van der Waals surface area contributed by atoms with Crippen molar-refractivity contribution < 1.29 is 44.6 Å². The number of hydrogen-bond donors (Lipinski definition) is 2. The first-order chi connectivity index (χ1) is 4.77. The fraction of sp³-hybridized carbons (Fsp3) is 0.833. The van der Waals surface area contributed by atoms with E-state index >= 15 is 0 Å². The number of carboxylic acids is 1. The number of carboxylic acid groups (broad SMARTS) is 1. The van der Waals surface area contributed by atoms with Crippen LogP contribution in [-0.4, -0.2) is 30.8 Å². The molecule has 0 atom stereocenters. The summed E-state index contributed by atoms with van der Waals surface area (Å²) >= 11 is 0. The average molecular weight is 169 g/mol. The first-order valence-electron chi connectivity index (χ1n) is 3.29. The molecule has 0 amide bonds. The fourth-order valence-corrected chi connectivity index (χ4v) is 0.562. The van der Waals surface area contributed by atoms with Gasteiger partial charge in [0.1, 0.15) is 0 Å². The monoisotopic (exact) mass is 169 g/mol. The molecule has 0 saturated heterocycles. The Morgan fingerprint density at radius 2 is 2.09 bits per heavy atom. The van der Waals surface area contributed by atoms with E-state index in [1.54, 1.807) is 0 Å². The van der Waals surface area contributed by atoms with Crippen molar-refractivity contribution in [2.75, 3.05) is 19.7 Å². The first-order valence-corrected chi connectivity index (χ1v) is 3.29. The molecule has 2 N–H and O–H groups in total. The van der Waals surface area contributed by atoms with Gasteiger partial charge in [-0.05, 0) is 19.4 Å². The van der Waals surface area contributed by atoms with Gasteiger partial charge in [0.2, 0.25) is 0 Å². The van der Waals surface area contributed by atoms with Crippen molar-refractivity contribution in [3.8, 4) is 0 Å². The van der Waals surface area contributed by atoms with Crippen LogP contribution in [0, 0.1) is 0 Å². The van der Waals surface area contributed by atoms with E-state index in [0.29, 0.717) is 19.5 Å². The predicted octanol–water partition coefficient (Wildman–Crippen LogP) is -4.90. The maximum absolute atomic E-state index is 9.84. The Labute approximate surface area is 88.3 Å². The van der Waals surface area contributed by atoms with Crippen molar-refractivity contribution in [2.24, 2.45) is 0 Å². The Morgan fingerprint density at radius 1 is 1.45 bits per heavy atom. The number of nitrogens with one attached hydrogen (secondary N) is 1. The van der Waals surface area contributed by atoms with Crippen molar-refractivity contribution in [1.29, 1.82) is 0 Å². The average Bonchev–Trinajstić information content (AvgIpc) is 1.87. The van der Waals surface area contributed by atoms with Gasteiger partial charge in [-0.25, -0.2) is 0 Å². The molecule has 0 radical (unpaired) electrons. The molecule has 0 aromatic heterocycles. The van der Waals surface area contributed by atoms with Crippen LogP contribution in [0.5, 0.6) is 0 Å². The number of hydrogen-bond acceptors (Lipinski definition) is 4. The van der Waals surface area contributed by atoms with Crippen molar-refractivity contribution in [3.05, 3.63) is 0 Å². The molecule has 0 saturated carbocycles. The second kappa shape index (κ2) is 10.4. The Balaban J connectivity index is 0. The summed E-state index contributed by atoms with van der Waals surface area (Å²) in [5.74, 6) is -1.02. The van der Waals surface area contributed by atoms with Crippen LogP contribution >= 0.6 is 0 Å². The number of carbonyl (C=O) groups is 1. The Bertz CT molecular complexity index is 99.8. The van der Waals surface area contributed by atoms with Gasteiger partial charge in [-0.1, -0.05) is 0 Å². The molecule has 0 aliphatic carbocycles. The van der Waals surface area contributed by atoms with Crippen LogP contribution in [0.1, 0.15) is 12.8 Å². The maximum Gasteiger partial charge on any atom is 1.00 e. The Morgan fingerprint density at radius 3 is 2.55 bits per heavy atom. The maximum atomic E-state index is 9.84. The largest absolute Gasteiger partial charge is 1.00 e. The van der Waals surface area contributed by atoms with Crippen LogP contribution in [0.2, 0.25) is 0 Å². The van der Waals surface area contributed by atoms with Crippen molar-refractivity contribution >= 4 is 5.97 Å². The molecule has 0 heterocycles. The third-order valence-electron chi connectivity index (χ3n) is 1.02. The van der Waals surface area contributed by atoms with Gasteiger partial charge in [0.25, 0.3) is 0 Å². The number of carbonyl (C=O) groups excluding carboxylic acids is 1. The van der Waals surface area contributed by atoms with Gasteiger partial charge < -0.3 is 20.3 Å². The Hall–Kier alpha value is 0.390. The third-order valence-corrected chi connectivity index (χ3v) is 1.02. The molecule has 0 bridgehead atoms. The van der Waals surface area contributed by atoms with E-state index in [1.807, 2.05) is 0 Å².